The average molecular weight is 1240 g/mol. The highest BCUT2D eigenvalue weighted by Crippen LogP contribution is 2.38. The second-order valence-electron chi connectivity index (χ2n) is 26.6. The summed E-state index contributed by atoms with van der Waals surface area (Å²) >= 11 is 0. The third kappa shape index (κ3) is 71.0. The highest BCUT2D eigenvalue weighted by molar-refractivity contribution is 7.45. The van der Waals surface area contributed by atoms with Crippen LogP contribution in [0.4, 0.5) is 0 Å². The number of hydrogen-bond donors (Lipinski definition) is 2. The third-order valence-electron chi connectivity index (χ3n) is 16.9. The number of allylic oxidation sites excluding steroid dienone is 14. The van der Waals surface area contributed by atoms with Crippen LogP contribution < -0.4 is 10.2 Å². The molecule has 0 aromatic carbocycles. The van der Waals surface area contributed by atoms with Crippen molar-refractivity contribution in [3.05, 3.63) is 85.1 Å². The van der Waals surface area contributed by atoms with Gasteiger partial charge in [-0.1, -0.05) is 362 Å². The molecule has 0 saturated carbocycles. The van der Waals surface area contributed by atoms with Crippen molar-refractivity contribution < 1.29 is 32.9 Å². The number of phosphoric ester groups is 1. The minimum absolute atomic E-state index is 0.0122. The molecule has 0 heterocycles. The molecule has 0 aliphatic carbocycles. The van der Waals surface area contributed by atoms with E-state index in [4.69, 9.17) is 9.05 Å². The Morgan fingerprint density at radius 2 is 0.701 bits per heavy atom. The van der Waals surface area contributed by atoms with Crippen molar-refractivity contribution in [3.8, 4) is 0 Å². The van der Waals surface area contributed by atoms with Gasteiger partial charge in [0.05, 0.1) is 39.9 Å². The number of nitrogens with zero attached hydrogens (tertiary/aromatic N) is 1. The number of phosphoric acid groups is 1. The molecule has 0 aromatic rings. The largest absolute Gasteiger partial charge is 0.756 e. The lowest BCUT2D eigenvalue weighted by Gasteiger charge is -2.30. The molecule has 0 radical (unpaired) electrons. The third-order valence-corrected chi connectivity index (χ3v) is 17.9. The van der Waals surface area contributed by atoms with Crippen LogP contribution in [0.15, 0.2) is 85.1 Å². The van der Waals surface area contributed by atoms with Crippen LogP contribution in [-0.4, -0.2) is 68.5 Å². The monoisotopic (exact) mass is 1240 g/mol. The molecule has 0 aliphatic rings. The van der Waals surface area contributed by atoms with Gasteiger partial charge in [0.2, 0.25) is 5.91 Å². The van der Waals surface area contributed by atoms with Crippen molar-refractivity contribution in [1.29, 1.82) is 0 Å². The quantitative estimate of drug-likeness (QED) is 0.0272. The molecule has 0 aliphatic heterocycles. The van der Waals surface area contributed by atoms with Crippen molar-refractivity contribution in [2.24, 2.45) is 0 Å². The van der Waals surface area contributed by atoms with E-state index >= 15 is 0 Å². The van der Waals surface area contributed by atoms with Crippen molar-refractivity contribution in [1.82, 2.24) is 5.32 Å². The van der Waals surface area contributed by atoms with Crippen molar-refractivity contribution in [2.45, 2.75) is 366 Å². The number of rotatable bonds is 69. The molecule has 1 amide bonds. The van der Waals surface area contributed by atoms with Crippen LogP contribution in [-0.2, 0) is 18.4 Å². The molecular formula is C78H145N2O6P. The summed E-state index contributed by atoms with van der Waals surface area (Å²) in [7, 11) is 1.32. The SMILES string of the molecule is CC/C=C\C/C=C\C/C=C\C/C=C\C/C=C\C/C=C\C/C=C\CCCCCCCCCCCCCCCCCCCCCC(=O)NC(COP(=O)([O-])OCC[N+](C)(C)C)C(O)CCCCCCCCCCCCCCCCCCCCCCCCCC. The van der Waals surface area contributed by atoms with Gasteiger partial charge in [-0.15, -0.1) is 0 Å². The van der Waals surface area contributed by atoms with Gasteiger partial charge in [0, 0.05) is 6.42 Å². The van der Waals surface area contributed by atoms with Gasteiger partial charge >= 0.3 is 0 Å². The molecule has 9 heteroatoms. The predicted molar refractivity (Wildman–Crippen MR) is 380 cm³/mol. The van der Waals surface area contributed by atoms with E-state index in [1.54, 1.807) is 0 Å². The fourth-order valence-electron chi connectivity index (χ4n) is 11.1. The zero-order valence-corrected chi connectivity index (χ0v) is 59.1. The number of likely N-dealkylation sites (N-methyl/N-ethyl adjacent to an activating group) is 1. The summed E-state index contributed by atoms with van der Waals surface area (Å²) in [6.45, 7) is 4.65. The smallest absolute Gasteiger partial charge is 0.268 e. The Hall–Kier alpha value is -2.32. The zero-order valence-electron chi connectivity index (χ0n) is 58.2. The van der Waals surface area contributed by atoms with Crippen LogP contribution in [0.2, 0.25) is 0 Å². The molecule has 0 bridgehead atoms. The van der Waals surface area contributed by atoms with Gasteiger partial charge < -0.3 is 28.8 Å². The zero-order chi connectivity index (χ0) is 63.4. The van der Waals surface area contributed by atoms with E-state index in [0.29, 0.717) is 23.9 Å². The summed E-state index contributed by atoms with van der Waals surface area (Å²) in [5.41, 5.74) is 0. The standard InChI is InChI=1S/C78H145N2O6P/c1-6-8-10-12-14-16-18-20-22-24-26-28-30-32-33-34-35-36-37-38-39-40-41-42-43-44-45-46-47-48-50-52-54-56-58-60-62-64-66-68-70-72-78(82)79-76(75-86-87(83,84)85-74-73-80(3,4)5)77(81)71-69-67-65-63-61-59-57-55-53-51-49-31-29-27-25-23-21-19-17-15-13-11-9-7-2/h8,10,14,16,20,22,26,28,32-33,35-36,38-39,76-77,81H,6-7,9,11-13,15,17-19,21,23-25,27,29-31,34,37,40-75H2,1-5H3,(H-,79,82,83,84)/b10-8-,16-14-,22-20-,28-26-,33-32-,36-35-,39-38-. The Morgan fingerprint density at radius 3 is 1.02 bits per heavy atom. The lowest BCUT2D eigenvalue weighted by Crippen LogP contribution is -2.46. The molecule has 0 fully saturated rings. The molecule has 87 heavy (non-hydrogen) atoms. The van der Waals surface area contributed by atoms with Gasteiger partial charge in [0.1, 0.15) is 13.2 Å². The first-order valence-corrected chi connectivity index (χ1v) is 38.9. The summed E-state index contributed by atoms with van der Waals surface area (Å²) in [5.74, 6) is -0.160. The molecule has 0 spiro atoms. The summed E-state index contributed by atoms with van der Waals surface area (Å²) in [6.07, 6.45) is 96.7. The highest BCUT2D eigenvalue weighted by Gasteiger charge is 2.24. The maximum atomic E-state index is 13.1. The predicted octanol–water partition coefficient (Wildman–Crippen LogP) is 23.6. The summed E-state index contributed by atoms with van der Waals surface area (Å²) < 4.78 is 23.6. The van der Waals surface area contributed by atoms with Gasteiger partial charge in [-0.25, -0.2) is 0 Å². The van der Waals surface area contributed by atoms with Crippen LogP contribution in [0.25, 0.3) is 0 Å². The lowest BCUT2D eigenvalue weighted by molar-refractivity contribution is -0.870. The first-order valence-electron chi connectivity index (χ1n) is 37.4. The number of hydrogen-bond acceptors (Lipinski definition) is 6. The maximum absolute atomic E-state index is 13.1. The van der Waals surface area contributed by atoms with Gasteiger partial charge in [-0.2, -0.15) is 0 Å². The molecule has 0 saturated heterocycles. The number of carbonyl (C=O) groups is 1. The number of nitrogens with one attached hydrogen (secondary N) is 1. The second-order valence-corrected chi connectivity index (χ2v) is 28.0. The van der Waals surface area contributed by atoms with E-state index in [1.807, 2.05) is 21.1 Å². The van der Waals surface area contributed by atoms with Crippen LogP contribution >= 0.6 is 7.82 Å². The molecule has 0 rings (SSSR count). The topological polar surface area (TPSA) is 108 Å². The maximum Gasteiger partial charge on any atom is 0.268 e. The molecule has 2 N–H and O–H groups in total. The van der Waals surface area contributed by atoms with Crippen molar-refractivity contribution in [3.63, 3.8) is 0 Å². The molecule has 0 aromatic heterocycles. The summed E-state index contributed by atoms with van der Waals surface area (Å²) in [6, 6.07) is -0.804. The Kier molecular flexibility index (Phi) is 66.2. The Bertz CT molecular complexity index is 1700. The van der Waals surface area contributed by atoms with E-state index in [-0.39, 0.29) is 19.1 Å². The summed E-state index contributed by atoms with van der Waals surface area (Å²) in [5, 5.41) is 14.1. The van der Waals surface area contributed by atoms with Crippen molar-refractivity contribution in [2.75, 3.05) is 40.9 Å². The van der Waals surface area contributed by atoms with Crippen LogP contribution in [0.1, 0.15) is 354 Å². The normalized spacial score (nSPS) is 14.1. The van der Waals surface area contributed by atoms with Crippen LogP contribution in [0, 0.1) is 0 Å². The lowest BCUT2D eigenvalue weighted by atomic mass is 10.0. The molecule has 3 unspecified atom stereocenters. The number of quaternary nitrogens is 1. The summed E-state index contributed by atoms with van der Waals surface area (Å²) in [4.78, 5) is 25.7. The Morgan fingerprint density at radius 1 is 0.414 bits per heavy atom. The van der Waals surface area contributed by atoms with E-state index in [0.717, 1.165) is 83.5 Å². The van der Waals surface area contributed by atoms with Crippen LogP contribution in [0.5, 0.6) is 0 Å². The minimum atomic E-state index is -4.58. The van der Waals surface area contributed by atoms with Gasteiger partial charge in [-0.05, 0) is 70.6 Å². The molecule has 8 nitrogen and oxygen atoms in total. The van der Waals surface area contributed by atoms with E-state index in [2.05, 4.69) is 104 Å². The van der Waals surface area contributed by atoms with E-state index in [1.165, 1.54) is 244 Å². The van der Waals surface area contributed by atoms with Crippen molar-refractivity contribution >= 4 is 13.7 Å². The number of unbranched alkanes of at least 4 members (excludes halogenated alkanes) is 42. The number of aliphatic hydroxyl groups excluding tert-OH is 1. The first kappa shape index (κ1) is 84.7. The number of aliphatic hydroxyl groups is 1. The number of amides is 1. The van der Waals surface area contributed by atoms with Gasteiger partial charge in [0.15, 0.2) is 0 Å². The molecular weight excluding hydrogens is 1090 g/mol. The second kappa shape index (κ2) is 68.1. The van der Waals surface area contributed by atoms with E-state index < -0.39 is 20.0 Å². The van der Waals surface area contributed by atoms with E-state index in [9.17, 15) is 19.4 Å². The highest BCUT2D eigenvalue weighted by atomic mass is 31.2. The van der Waals surface area contributed by atoms with Gasteiger partial charge in [0.25, 0.3) is 7.82 Å². The minimum Gasteiger partial charge on any atom is -0.756 e. The van der Waals surface area contributed by atoms with Gasteiger partial charge in [-0.3, -0.25) is 9.36 Å². The average Bonchev–Trinajstić information content (AvgIpc) is 3.71. The van der Waals surface area contributed by atoms with Crippen LogP contribution in [0.3, 0.4) is 0 Å². The fraction of sp³-hybridized carbons (Fsp3) is 0.808. The molecule has 3 atom stereocenters. The first-order chi connectivity index (χ1) is 42.5. The Labute approximate surface area is 541 Å². The Balaban J connectivity index is 3.95. The number of carbonyl (C=O) groups excluding carboxylic acids is 1. The fourth-order valence-corrected chi connectivity index (χ4v) is 11.9. The molecule has 508 valence electrons.